The Labute approximate surface area is 102 Å². The van der Waals surface area contributed by atoms with Crippen LogP contribution >= 0.6 is 0 Å². The van der Waals surface area contributed by atoms with E-state index in [9.17, 15) is 4.39 Å². The van der Waals surface area contributed by atoms with Crippen LogP contribution in [0.4, 0.5) is 4.39 Å². The van der Waals surface area contributed by atoms with Crippen LogP contribution in [0, 0.1) is 5.82 Å². The van der Waals surface area contributed by atoms with Crippen molar-refractivity contribution in [1.29, 1.82) is 0 Å². The highest BCUT2D eigenvalue weighted by molar-refractivity contribution is 5.34. The summed E-state index contributed by atoms with van der Waals surface area (Å²) in [6.07, 6.45) is 0. The summed E-state index contributed by atoms with van der Waals surface area (Å²) in [4.78, 5) is 0. The molecule has 0 saturated carbocycles. The van der Waals surface area contributed by atoms with Gasteiger partial charge < -0.3 is 14.8 Å². The summed E-state index contributed by atoms with van der Waals surface area (Å²) in [7, 11) is 1.55. The number of ether oxygens (including phenoxy) is 2. The van der Waals surface area contributed by atoms with Gasteiger partial charge in [0.05, 0.1) is 0 Å². The average Bonchev–Trinajstić information content (AvgIpc) is 2.24. The van der Waals surface area contributed by atoms with Gasteiger partial charge in [0.1, 0.15) is 11.6 Å². The maximum absolute atomic E-state index is 13.2. The van der Waals surface area contributed by atoms with E-state index in [1.807, 2.05) is 0 Å². The molecule has 0 aliphatic rings. The molecule has 0 atom stereocenters. The predicted molar refractivity (Wildman–Crippen MR) is 65.5 cm³/mol. The molecule has 0 bridgehead atoms. The van der Waals surface area contributed by atoms with Gasteiger partial charge in [-0.2, -0.15) is 0 Å². The van der Waals surface area contributed by atoms with Gasteiger partial charge in [-0.15, -0.1) is 0 Å². The molecule has 1 aromatic carbocycles. The fraction of sp³-hybridized carbons (Fsp3) is 0.538. The first-order chi connectivity index (χ1) is 7.92. The van der Waals surface area contributed by atoms with E-state index in [2.05, 4.69) is 26.1 Å². The first kappa shape index (κ1) is 13.9. The Bertz CT molecular complexity index is 361. The Balaban J connectivity index is 2.76. The van der Waals surface area contributed by atoms with E-state index >= 15 is 0 Å². The van der Waals surface area contributed by atoms with E-state index in [1.165, 1.54) is 12.1 Å². The molecular formula is C13H20FNO2. The Kier molecular flexibility index (Phi) is 4.90. The summed E-state index contributed by atoms with van der Waals surface area (Å²) in [5, 5.41) is 3.29. The number of halogens is 1. The van der Waals surface area contributed by atoms with Gasteiger partial charge in [0, 0.05) is 24.8 Å². The Morgan fingerprint density at radius 2 is 2.00 bits per heavy atom. The van der Waals surface area contributed by atoms with Gasteiger partial charge in [0.15, 0.2) is 6.79 Å². The monoisotopic (exact) mass is 241 g/mol. The van der Waals surface area contributed by atoms with Gasteiger partial charge in [0.25, 0.3) is 0 Å². The third-order valence-corrected chi connectivity index (χ3v) is 2.16. The average molecular weight is 241 g/mol. The van der Waals surface area contributed by atoms with Crippen molar-refractivity contribution in [3.8, 4) is 5.75 Å². The molecule has 0 aliphatic carbocycles. The van der Waals surface area contributed by atoms with Gasteiger partial charge in [-0.05, 0) is 39.0 Å². The van der Waals surface area contributed by atoms with Crippen LogP contribution in [0.15, 0.2) is 18.2 Å². The van der Waals surface area contributed by atoms with Crippen molar-refractivity contribution < 1.29 is 13.9 Å². The second-order valence-corrected chi connectivity index (χ2v) is 4.91. The van der Waals surface area contributed by atoms with E-state index in [1.54, 1.807) is 13.2 Å². The van der Waals surface area contributed by atoms with E-state index in [0.717, 1.165) is 5.56 Å². The number of benzene rings is 1. The molecule has 96 valence electrons. The lowest BCUT2D eigenvalue weighted by Crippen LogP contribution is -2.35. The van der Waals surface area contributed by atoms with Crippen molar-refractivity contribution in [2.45, 2.75) is 32.9 Å². The van der Waals surface area contributed by atoms with Gasteiger partial charge in [-0.25, -0.2) is 4.39 Å². The number of hydrogen-bond donors (Lipinski definition) is 1. The highest BCUT2D eigenvalue weighted by Gasteiger charge is 2.11. The van der Waals surface area contributed by atoms with Crippen molar-refractivity contribution >= 4 is 0 Å². The van der Waals surface area contributed by atoms with Crippen LogP contribution < -0.4 is 10.1 Å². The molecule has 0 aliphatic heterocycles. The third-order valence-electron chi connectivity index (χ3n) is 2.16. The van der Waals surface area contributed by atoms with Gasteiger partial charge in [-0.1, -0.05) is 0 Å². The fourth-order valence-electron chi connectivity index (χ4n) is 1.31. The Morgan fingerprint density at radius 3 is 2.59 bits per heavy atom. The Morgan fingerprint density at radius 1 is 1.29 bits per heavy atom. The zero-order valence-electron chi connectivity index (χ0n) is 10.8. The van der Waals surface area contributed by atoms with E-state index in [-0.39, 0.29) is 18.1 Å². The summed E-state index contributed by atoms with van der Waals surface area (Å²) in [6, 6.07) is 4.48. The van der Waals surface area contributed by atoms with E-state index in [0.29, 0.717) is 12.3 Å². The summed E-state index contributed by atoms with van der Waals surface area (Å²) in [5.74, 6) is 0.380. The van der Waals surface area contributed by atoms with E-state index < -0.39 is 0 Å². The first-order valence-corrected chi connectivity index (χ1v) is 5.57. The maximum atomic E-state index is 13.2. The second kappa shape index (κ2) is 5.98. The molecule has 0 unspecified atom stereocenters. The van der Waals surface area contributed by atoms with Crippen molar-refractivity contribution in [3.63, 3.8) is 0 Å². The van der Waals surface area contributed by atoms with Crippen LogP contribution in [0.1, 0.15) is 26.3 Å². The SMILES string of the molecule is COCOc1ccc(F)cc1CNC(C)(C)C. The van der Waals surface area contributed by atoms with Crippen molar-refractivity contribution in [2.24, 2.45) is 0 Å². The molecule has 1 rings (SSSR count). The topological polar surface area (TPSA) is 30.5 Å². The molecule has 3 nitrogen and oxygen atoms in total. The highest BCUT2D eigenvalue weighted by Crippen LogP contribution is 2.20. The summed E-state index contributed by atoms with van der Waals surface area (Å²) >= 11 is 0. The summed E-state index contributed by atoms with van der Waals surface area (Å²) in [5.41, 5.74) is 0.766. The molecule has 17 heavy (non-hydrogen) atoms. The lowest BCUT2D eigenvalue weighted by molar-refractivity contribution is 0.0502. The third kappa shape index (κ3) is 5.15. The minimum Gasteiger partial charge on any atom is -0.467 e. The molecular weight excluding hydrogens is 221 g/mol. The molecule has 0 heterocycles. The van der Waals surface area contributed by atoms with Crippen molar-refractivity contribution in [1.82, 2.24) is 5.32 Å². The summed E-state index contributed by atoms with van der Waals surface area (Å²) in [6.45, 7) is 6.89. The standard InChI is InChI=1S/C13H20FNO2/c1-13(2,3)15-8-10-7-11(14)5-6-12(10)17-9-16-4/h5-7,15H,8-9H2,1-4H3. The van der Waals surface area contributed by atoms with Crippen LogP contribution in [-0.4, -0.2) is 19.4 Å². The second-order valence-electron chi connectivity index (χ2n) is 4.91. The molecule has 0 saturated heterocycles. The molecule has 0 amide bonds. The molecule has 4 heteroatoms. The van der Waals surface area contributed by atoms with Gasteiger partial charge >= 0.3 is 0 Å². The van der Waals surface area contributed by atoms with Crippen LogP contribution in [0.25, 0.3) is 0 Å². The first-order valence-electron chi connectivity index (χ1n) is 5.57. The lowest BCUT2D eigenvalue weighted by atomic mass is 10.1. The quantitative estimate of drug-likeness (QED) is 0.804. The van der Waals surface area contributed by atoms with Gasteiger partial charge in [-0.3, -0.25) is 0 Å². The molecule has 1 N–H and O–H groups in total. The largest absolute Gasteiger partial charge is 0.467 e. The number of rotatable bonds is 5. The molecule has 0 fully saturated rings. The van der Waals surface area contributed by atoms with E-state index in [4.69, 9.17) is 9.47 Å². The van der Waals surface area contributed by atoms with Crippen LogP contribution in [0.3, 0.4) is 0 Å². The number of hydrogen-bond acceptors (Lipinski definition) is 3. The minimum atomic E-state index is -0.263. The zero-order chi connectivity index (χ0) is 12.9. The molecule has 0 radical (unpaired) electrons. The molecule has 1 aromatic rings. The zero-order valence-corrected chi connectivity index (χ0v) is 10.8. The minimum absolute atomic E-state index is 0.0230. The summed E-state index contributed by atoms with van der Waals surface area (Å²) < 4.78 is 23.4. The van der Waals surface area contributed by atoms with Crippen LogP contribution in [0.5, 0.6) is 5.75 Å². The van der Waals surface area contributed by atoms with Crippen molar-refractivity contribution in [2.75, 3.05) is 13.9 Å². The molecule has 0 spiro atoms. The smallest absolute Gasteiger partial charge is 0.188 e. The fourth-order valence-corrected chi connectivity index (χ4v) is 1.31. The molecule has 0 aromatic heterocycles. The lowest BCUT2D eigenvalue weighted by Gasteiger charge is -2.21. The maximum Gasteiger partial charge on any atom is 0.188 e. The Hall–Kier alpha value is -1.13. The van der Waals surface area contributed by atoms with Gasteiger partial charge in [0.2, 0.25) is 0 Å². The van der Waals surface area contributed by atoms with Crippen LogP contribution in [-0.2, 0) is 11.3 Å². The van der Waals surface area contributed by atoms with Crippen LogP contribution in [0.2, 0.25) is 0 Å². The predicted octanol–water partition coefficient (Wildman–Crippen LogP) is 2.70. The number of methoxy groups -OCH3 is 1. The van der Waals surface area contributed by atoms with Crippen molar-refractivity contribution in [3.05, 3.63) is 29.6 Å². The normalized spacial score (nSPS) is 11.6. The highest BCUT2D eigenvalue weighted by atomic mass is 19.1. The number of nitrogens with one attached hydrogen (secondary N) is 1.